The predicted octanol–water partition coefficient (Wildman–Crippen LogP) is 1.72. The number of benzene rings is 1. The molecular formula is C10H11NOS. The molecule has 1 aromatic carbocycles. The fraction of sp³-hybridized carbons (Fsp3) is 0.300. The first-order chi connectivity index (χ1) is 6.21. The van der Waals surface area contributed by atoms with Crippen LogP contribution in [-0.4, -0.2) is 11.7 Å². The molecule has 1 atom stereocenters. The van der Waals surface area contributed by atoms with Gasteiger partial charge in [-0.15, -0.1) is 11.8 Å². The zero-order valence-electron chi connectivity index (χ0n) is 7.41. The first-order valence-electron chi connectivity index (χ1n) is 4.21. The first-order valence-corrected chi connectivity index (χ1v) is 5.20. The number of hydrogen-bond donors (Lipinski definition) is 1. The van der Waals surface area contributed by atoms with Crippen LogP contribution in [0.25, 0.3) is 0 Å². The molecule has 1 unspecified atom stereocenters. The second-order valence-corrected chi connectivity index (χ2v) is 4.63. The summed E-state index contributed by atoms with van der Waals surface area (Å²) >= 11 is 1.65. The Balaban J connectivity index is 2.31. The zero-order chi connectivity index (χ0) is 9.31. The largest absolute Gasteiger partial charge is 0.337 e. The molecule has 1 N–H and O–H groups in total. The van der Waals surface area contributed by atoms with Crippen LogP contribution in [0.15, 0.2) is 30.3 Å². The lowest BCUT2D eigenvalue weighted by Gasteiger charge is -2.23. The minimum absolute atomic E-state index is 0.122. The van der Waals surface area contributed by atoms with Crippen molar-refractivity contribution in [3.8, 4) is 0 Å². The van der Waals surface area contributed by atoms with Gasteiger partial charge in [-0.3, -0.25) is 4.79 Å². The molecule has 1 aromatic rings. The summed E-state index contributed by atoms with van der Waals surface area (Å²) in [7, 11) is 0. The summed E-state index contributed by atoms with van der Waals surface area (Å²) in [5.41, 5.74) is 1.16. The molecule has 0 aliphatic carbocycles. The van der Waals surface area contributed by atoms with Gasteiger partial charge < -0.3 is 5.32 Å². The Bertz CT molecular complexity index is 325. The highest BCUT2D eigenvalue weighted by Gasteiger charge is 2.35. The predicted molar refractivity (Wildman–Crippen MR) is 54.4 cm³/mol. The smallest absolute Gasteiger partial charge is 0.231 e. The standard InChI is InChI=1S/C10H11NOS/c1-10(11-9(12)7-13-10)8-5-3-2-4-6-8/h2-6H,7H2,1H3,(H,11,12). The van der Waals surface area contributed by atoms with Gasteiger partial charge in [-0.2, -0.15) is 0 Å². The Morgan fingerprint density at radius 2 is 2.08 bits per heavy atom. The van der Waals surface area contributed by atoms with E-state index in [0.29, 0.717) is 5.75 Å². The fourth-order valence-electron chi connectivity index (χ4n) is 1.46. The normalized spacial score (nSPS) is 27.3. The van der Waals surface area contributed by atoms with Gasteiger partial charge in [-0.25, -0.2) is 0 Å². The van der Waals surface area contributed by atoms with Gasteiger partial charge in [0.15, 0.2) is 0 Å². The van der Waals surface area contributed by atoms with Crippen LogP contribution in [0.1, 0.15) is 12.5 Å². The van der Waals surface area contributed by atoms with E-state index in [1.807, 2.05) is 37.3 Å². The summed E-state index contributed by atoms with van der Waals surface area (Å²) in [5, 5.41) is 2.97. The van der Waals surface area contributed by atoms with Crippen LogP contribution in [0.3, 0.4) is 0 Å². The van der Waals surface area contributed by atoms with E-state index >= 15 is 0 Å². The van der Waals surface area contributed by atoms with Crippen LogP contribution in [0.4, 0.5) is 0 Å². The average molecular weight is 193 g/mol. The summed E-state index contributed by atoms with van der Waals surface area (Å²) < 4.78 is 0. The van der Waals surface area contributed by atoms with Crippen LogP contribution in [-0.2, 0) is 9.67 Å². The number of hydrogen-bond acceptors (Lipinski definition) is 2. The van der Waals surface area contributed by atoms with Crippen molar-refractivity contribution in [3.63, 3.8) is 0 Å². The first kappa shape index (κ1) is 8.63. The van der Waals surface area contributed by atoms with Gasteiger partial charge in [0.05, 0.1) is 5.75 Å². The molecule has 13 heavy (non-hydrogen) atoms. The lowest BCUT2D eigenvalue weighted by molar-refractivity contribution is -0.118. The molecule has 1 aliphatic heterocycles. The van der Waals surface area contributed by atoms with Crippen molar-refractivity contribution >= 4 is 17.7 Å². The molecule has 0 saturated carbocycles. The van der Waals surface area contributed by atoms with Gasteiger partial charge in [0.25, 0.3) is 0 Å². The quantitative estimate of drug-likeness (QED) is 0.736. The third kappa shape index (κ3) is 1.56. The van der Waals surface area contributed by atoms with Gasteiger partial charge >= 0.3 is 0 Å². The third-order valence-electron chi connectivity index (χ3n) is 2.19. The van der Waals surface area contributed by atoms with Crippen molar-refractivity contribution in [3.05, 3.63) is 35.9 Å². The molecule has 2 nitrogen and oxygen atoms in total. The van der Waals surface area contributed by atoms with Crippen molar-refractivity contribution in [1.29, 1.82) is 0 Å². The second kappa shape index (κ2) is 3.07. The van der Waals surface area contributed by atoms with Gasteiger partial charge in [-0.1, -0.05) is 30.3 Å². The molecule has 1 fully saturated rings. The van der Waals surface area contributed by atoms with E-state index in [-0.39, 0.29) is 10.8 Å². The summed E-state index contributed by atoms with van der Waals surface area (Å²) in [6, 6.07) is 10.0. The monoisotopic (exact) mass is 193 g/mol. The number of rotatable bonds is 1. The molecule has 2 rings (SSSR count). The van der Waals surface area contributed by atoms with E-state index in [0.717, 1.165) is 5.56 Å². The molecule has 0 spiro atoms. The molecule has 1 heterocycles. The third-order valence-corrected chi connectivity index (χ3v) is 3.52. The van der Waals surface area contributed by atoms with E-state index < -0.39 is 0 Å². The van der Waals surface area contributed by atoms with Crippen molar-refractivity contribution in [2.75, 3.05) is 5.75 Å². The van der Waals surface area contributed by atoms with Crippen molar-refractivity contribution < 1.29 is 4.79 Å². The Hall–Kier alpha value is -0.960. The van der Waals surface area contributed by atoms with E-state index in [1.54, 1.807) is 11.8 Å². The van der Waals surface area contributed by atoms with Gasteiger partial charge in [0.2, 0.25) is 5.91 Å². The van der Waals surface area contributed by atoms with Gasteiger partial charge in [0.1, 0.15) is 4.87 Å². The maximum Gasteiger partial charge on any atom is 0.231 e. The maximum absolute atomic E-state index is 11.1. The van der Waals surface area contributed by atoms with E-state index in [1.165, 1.54) is 0 Å². The van der Waals surface area contributed by atoms with Gasteiger partial charge in [-0.05, 0) is 12.5 Å². The van der Waals surface area contributed by atoms with Crippen molar-refractivity contribution in [2.45, 2.75) is 11.8 Å². The molecule has 68 valence electrons. The lowest BCUT2D eigenvalue weighted by atomic mass is 10.1. The van der Waals surface area contributed by atoms with Crippen molar-refractivity contribution in [1.82, 2.24) is 5.32 Å². The van der Waals surface area contributed by atoms with Crippen molar-refractivity contribution in [2.24, 2.45) is 0 Å². The van der Waals surface area contributed by atoms with Crippen LogP contribution < -0.4 is 5.32 Å². The van der Waals surface area contributed by atoms with Crippen LogP contribution in [0, 0.1) is 0 Å². The van der Waals surface area contributed by atoms with E-state index in [9.17, 15) is 4.79 Å². The Morgan fingerprint density at radius 1 is 1.38 bits per heavy atom. The number of amides is 1. The highest BCUT2D eigenvalue weighted by molar-refractivity contribution is 8.01. The average Bonchev–Trinajstić information content (AvgIpc) is 2.49. The Morgan fingerprint density at radius 3 is 2.62 bits per heavy atom. The fourth-order valence-corrected chi connectivity index (χ4v) is 2.44. The van der Waals surface area contributed by atoms with E-state index in [2.05, 4.69) is 5.32 Å². The number of carbonyl (C=O) groups excluding carboxylic acids is 1. The topological polar surface area (TPSA) is 29.1 Å². The van der Waals surface area contributed by atoms with Crippen LogP contribution >= 0.6 is 11.8 Å². The molecule has 3 heteroatoms. The molecule has 0 aromatic heterocycles. The SMILES string of the molecule is CC1(c2ccccc2)NC(=O)CS1. The molecule has 1 amide bonds. The Kier molecular flexibility index (Phi) is 2.04. The maximum atomic E-state index is 11.1. The Labute approximate surface area is 81.7 Å². The summed E-state index contributed by atoms with van der Waals surface area (Å²) in [4.78, 5) is 10.9. The lowest BCUT2D eigenvalue weighted by Crippen LogP contribution is -2.33. The summed E-state index contributed by atoms with van der Waals surface area (Å²) in [6.45, 7) is 2.04. The second-order valence-electron chi connectivity index (χ2n) is 3.24. The minimum Gasteiger partial charge on any atom is -0.337 e. The van der Waals surface area contributed by atoms with Gasteiger partial charge in [0, 0.05) is 0 Å². The zero-order valence-corrected chi connectivity index (χ0v) is 8.23. The van der Waals surface area contributed by atoms with Crippen LogP contribution in [0.5, 0.6) is 0 Å². The molecule has 0 bridgehead atoms. The summed E-state index contributed by atoms with van der Waals surface area (Å²) in [5.74, 6) is 0.683. The summed E-state index contributed by atoms with van der Waals surface area (Å²) in [6.07, 6.45) is 0. The molecule has 0 radical (unpaired) electrons. The molecule has 1 saturated heterocycles. The number of thioether (sulfide) groups is 1. The van der Waals surface area contributed by atoms with E-state index in [4.69, 9.17) is 0 Å². The number of nitrogens with one attached hydrogen (secondary N) is 1. The van der Waals surface area contributed by atoms with Crippen LogP contribution in [0.2, 0.25) is 0 Å². The molecular weight excluding hydrogens is 182 g/mol. The molecule has 1 aliphatic rings. The highest BCUT2D eigenvalue weighted by Crippen LogP contribution is 2.36. The highest BCUT2D eigenvalue weighted by atomic mass is 32.2. The minimum atomic E-state index is -0.224. The number of carbonyl (C=O) groups is 1.